The highest BCUT2D eigenvalue weighted by atomic mass is 16.6. The largest absolute Gasteiger partial charge is 0.462 e. The minimum Gasteiger partial charge on any atom is -0.462 e. The van der Waals surface area contributed by atoms with Gasteiger partial charge in [0.25, 0.3) is 0 Å². The Morgan fingerprint density at radius 3 is 2.74 bits per heavy atom. The molecule has 6 heteroatoms. The molecule has 6 nitrogen and oxygen atoms in total. The molecule has 1 aliphatic heterocycles. The molecule has 0 spiro atoms. The lowest BCUT2D eigenvalue weighted by Crippen LogP contribution is -2.70. The van der Waals surface area contributed by atoms with Crippen molar-refractivity contribution in [3.63, 3.8) is 0 Å². The van der Waals surface area contributed by atoms with Gasteiger partial charge in [-0.05, 0) is 24.8 Å². The predicted molar refractivity (Wildman–Crippen MR) is 80.1 cm³/mol. The van der Waals surface area contributed by atoms with Crippen LogP contribution in [-0.4, -0.2) is 46.1 Å². The quantitative estimate of drug-likeness (QED) is 0.551. The lowest BCUT2D eigenvalue weighted by Gasteiger charge is -2.59. The van der Waals surface area contributed by atoms with Gasteiger partial charge in [0.15, 0.2) is 0 Å². The normalized spacial score (nSPS) is 49.2. The summed E-state index contributed by atoms with van der Waals surface area (Å²) in [5.74, 6) is -1.81. The van der Waals surface area contributed by atoms with Gasteiger partial charge >= 0.3 is 11.9 Å². The fraction of sp³-hybridized carbons (Fsp3) is 0.765. The van der Waals surface area contributed by atoms with Crippen LogP contribution in [0.25, 0.3) is 0 Å². The summed E-state index contributed by atoms with van der Waals surface area (Å²) < 4.78 is 10.9. The molecule has 128 valence electrons. The lowest BCUT2D eigenvalue weighted by atomic mass is 9.50. The lowest BCUT2D eigenvalue weighted by molar-refractivity contribution is -0.242. The Labute approximate surface area is 135 Å². The van der Waals surface area contributed by atoms with E-state index >= 15 is 0 Å². The summed E-state index contributed by atoms with van der Waals surface area (Å²) in [7, 11) is 0. The first-order valence-corrected chi connectivity index (χ1v) is 8.09. The van der Waals surface area contributed by atoms with Crippen molar-refractivity contribution in [2.24, 2.45) is 17.3 Å². The van der Waals surface area contributed by atoms with E-state index in [9.17, 15) is 19.8 Å². The molecule has 2 saturated carbocycles. The van der Waals surface area contributed by atoms with Crippen molar-refractivity contribution < 1.29 is 29.3 Å². The van der Waals surface area contributed by atoms with Crippen LogP contribution < -0.4 is 0 Å². The van der Waals surface area contributed by atoms with Crippen molar-refractivity contribution in [2.45, 2.75) is 63.9 Å². The summed E-state index contributed by atoms with van der Waals surface area (Å²) in [6.45, 7) is 8.81. The van der Waals surface area contributed by atoms with Crippen molar-refractivity contribution >= 4 is 11.9 Å². The second-order valence-corrected chi connectivity index (χ2v) is 7.42. The van der Waals surface area contributed by atoms with Gasteiger partial charge in [-0.15, -0.1) is 0 Å². The maximum atomic E-state index is 12.0. The van der Waals surface area contributed by atoms with Crippen LogP contribution >= 0.6 is 0 Å². The molecule has 0 radical (unpaired) electrons. The SMILES string of the molecule is C=C1CC[C@H](OC(C)=O)[C@]2(C)C[C@H](O)[C@H]3[C@H](C)C(=O)O[C@@H]3[C@]12O. The number of hydrogen-bond donors (Lipinski definition) is 2. The first-order chi connectivity index (χ1) is 10.6. The molecule has 0 unspecified atom stereocenters. The first-order valence-electron chi connectivity index (χ1n) is 8.09. The number of carbonyl (C=O) groups excluding carboxylic acids is 2. The molecule has 1 saturated heterocycles. The standard InChI is InChI=1S/C17H24O6/c1-8-5-6-12(22-10(3)18)16(4)7-11(19)13-9(2)15(20)23-14(13)17(8,16)21/h9,11-14,19,21H,1,5-7H2,2-4H3/t9-,11-,12-,13+,14-,16-,17+/m0/s1. The van der Waals surface area contributed by atoms with E-state index in [0.29, 0.717) is 18.4 Å². The predicted octanol–water partition coefficient (Wildman–Crippen LogP) is 0.948. The van der Waals surface area contributed by atoms with Gasteiger partial charge in [-0.25, -0.2) is 0 Å². The van der Waals surface area contributed by atoms with Crippen molar-refractivity contribution in [1.29, 1.82) is 0 Å². The van der Waals surface area contributed by atoms with Crippen LogP contribution in [0.1, 0.15) is 40.0 Å². The summed E-state index contributed by atoms with van der Waals surface area (Å²) in [5, 5.41) is 22.2. The average molecular weight is 324 g/mol. The number of fused-ring (bicyclic) bond motifs is 3. The van der Waals surface area contributed by atoms with E-state index in [1.165, 1.54) is 6.92 Å². The van der Waals surface area contributed by atoms with Crippen LogP contribution in [0.5, 0.6) is 0 Å². The van der Waals surface area contributed by atoms with Gasteiger partial charge in [-0.3, -0.25) is 9.59 Å². The van der Waals surface area contributed by atoms with Crippen LogP contribution in [0.2, 0.25) is 0 Å². The van der Waals surface area contributed by atoms with Crippen molar-refractivity contribution in [2.75, 3.05) is 0 Å². The summed E-state index contributed by atoms with van der Waals surface area (Å²) in [6, 6.07) is 0. The number of ether oxygens (including phenoxy) is 2. The number of aliphatic hydroxyl groups is 2. The molecule has 7 atom stereocenters. The van der Waals surface area contributed by atoms with Crippen LogP contribution in [0, 0.1) is 17.3 Å². The third-order valence-corrected chi connectivity index (χ3v) is 6.17. The highest BCUT2D eigenvalue weighted by Gasteiger charge is 2.70. The van der Waals surface area contributed by atoms with E-state index in [1.807, 2.05) is 0 Å². The molecule has 3 fully saturated rings. The molecule has 3 rings (SSSR count). The second-order valence-electron chi connectivity index (χ2n) is 7.42. The molecule has 2 N–H and O–H groups in total. The minimum absolute atomic E-state index is 0.225. The van der Waals surface area contributed by atoms with Crippen LogP contribution in [-0.2, 0) is 19.1 Å². The Balaban J connectivity index is 2.08. The highest BCUT2D eigenvalue weighted by Crippen LogP contribution is 2.60. The Morgan fingerprint density at radius 2 is 2.13 bits per heavy atom. The Morgan fingerprint density at radius 1 is 1.48 bits per heavy atom. The molecule has 1 heterocycles. The highest BCUT2D eigenvalue weighted by molar-refractivity contribution is 5.75. The zero-order valence-electron chi connectivity index (χ0n) is 13.7. The van der Waals surface area contributed by atoms with Gasteiger partial charge in [-0.2, -0.15) is 0 Å². The zero-order valence-corrected chi connectivity index (χ0v) is 13.7. The fourth-order valence-corrected chi connectivity index (χ4v) is 4.87. The number of aliphatic hydroxyl groups excluding tert-OH is 1. The second kappa shape index (κ2) is 5.05. The minimum atomic E-state index is -1.50. The van der Waals surface area contributed by atoms with Gasteiger partial charge in [0, 0.05) is 18.3 Å². The maximum Gasteiger partial charge on any atom is 0.309 e. The summed E-state index contributed by atoms with van der Waals surface area (Å²) >= 11 is 0. The van der Waals surface area contributed by atoms with Crippen molar-refractivity contribution in [3.05, 3.63) is 12.2 Å². The van der Waals surface area contributed by atoms with E-state index in [2.05, 4.69) is 6.58 Å². The molecule has 0 amide bonds. The van der Waals surface area contributed by atoms with Crippen molar-refractivity contribution in [1.82, 2.24) is 0 Å². The molecule has 3 aliphatic rings. The number of esters is 2. The monoisotopic (exact) mass is 324 g/mol. The molecule has 23 heavy (non-hydrogen) atoms. The van der Waals surface area contributed by atoms with Gasteiger partial charge in [0.05, 0.1) is 12.0 Å². The van der Waals surface area contributed by atoms with Crippen LogP contribution in [0.15, 0.2) is 12.2 Å². The third-order valence-electron chi connectivity index (χ3n) is 6.17. The van der Waals surface area contributed by atoms with Crippen LogP contribution in [0.4, 0.5) is 0 Å². The average Bonchev–Trinajstić information content (AvgIpc) is 2.75. The molecule has 0 aromatic heterocycles. The Bertz CT molecular complexity index is 571. The topological polar surface area (TPSA) is 93.1 Å². The van der Waals surface area contributed by atoms with Gasteiger partial charge in [-0.1, -0.05) is 20.4 Å². The third kappa shape index (κ3) is 2.01. The first kappa shape index (κ1) is 16.5. The molecule has 0 aromatic carbocycles. The van der Waals surface area contributed by atoms with E-state index < -0.39 is 53.1 Å². The number of carbonyl (C=O) groups is 2. The summed E-state index contributed by atoms with van der Waals surface area (Å²) in [5.41, 5.74) is -1.87. The fourth-order valence-electron chi connectivity index (χ4n) is 4.87. The van der Waals surface area contributed by atoms with Crippen LogP contribution in [0.3, 0.4) is 0 Å². The number of hydrogen-bond acceptors (Lipinski definition) is 6. The van der Waals surface area contributed by atoms with Gasteiger partial charge in [0.1, 0.15) is 17.8 Å². The van der Waals surface area contributed by atoms with Crippen molar-refractivity contribution in [3.8, 4) is 0 Å². The molecule has 2 aliphatic carbocycles. The van der Waals surface area contributed by atoms with Gasteiger partial charge < -0.3 is 19.7 Å². The number of rotatable bonds is 1. The van der Waals surface area contributed by atoms with E-state index in [0.717, 1.165) is 0 Å². The summed E-state index contributed by atoms with van der Waals surface area (Å²) in [4.78, 5) is 23.5. The maximum absolute atomic E-state index is 12.0. The molecular weight excluding hydrogens is 300 g/mol. The van der Waals surface area contributed by atoms with Gasteiger partial charge in [0.2, 0.25) is 0 Å². The Hall–Kier alpha value is -1.40. The Kier molecular flexibility index (Phi) is 3.61. The molecular formula is C17H24O6. The summed E-state index contributed by atoms with van der Waals surface area (Å²) in [6.07, 6.45) is -0.982. The van der Waals surface area contributed by atoms with E-state index in [-0.39, 0.29) is 6.42 Å². The molecule has 0 aromatic rings. The van der Waals surface area contributed by atoms with E-state index in [1.54, 1.807) is 13.8 Å². The molecule has 0 bridgehead atoms. The zero-order chi connectivity index (χ0) is 17.2. The van der Waals surface area contributed by atoms with E-state index in [4.69, 9.17) is 9.47 Å². The smallest absolute Gasteiger partial charge is 0.309 e.